The summed E-state index contributed by atoms with van der Waals surface area (Å²) in [5.74, 6) is 0.236. The van der Waals surface area contributed by atoms with Crippen LogP contribution in [0.4, 0.5) is 5.69 Å². The zero-order valence-electron chi connectivity index (χ0n) is 14.0. The van der Waals surface area contributed by atoms with Gasteiger partial charge in [-0.3, -0.25) is 9.10 Å². The molecule has 0 fully saturated rings. The highest BCUT2D eigenvalue weighted by molar-refractivity contribution is 7.92. The van der Waals surface area contributed by atoms with Crippen molar-refractivity contribution in [2.24, 2.45) is 0 Å². The molecule has 23 heavy (non-hydrogen) atoms. The van der Waals surface area contributed by atoms with Crippen molar-refractivity contribution in [2.45, 2.75) is 32.7 Å². The molecule has 0 aliphatic carbocycles. The monoisotopic (exact) mass is 362 g/mol. The third-order valence-corrected chi connectivity index (χ3v) is 4.37. The second-order valence-electron chi connectivity index (χ2n) is 6.20. The fraction of sp³-hybridized carbons (Fsp3) is 0.533. The Morgan fingerprint density at radius 2 is 1.96 bits per heavy atom. The molecule has 0 atom stereocenters. The first-order chi connectivity index (χ1) is 10.4. The van der Waals surface area contributed by atoms with Crippen LogP contribution in [0.5, 0.6) is 5.75 Å². The van der Waals surface area contributed by atoms with Crippen molar-refractivity contribution in [3.8, 4) is 5.75 Å². The van der Waals surface area contributed by atoms with Gasteiger partial charge in [0.05, 0.1) is 24.1 Å². The minimum Gasteiger partial charge on any atom is -0.495 e. The first-order valence-electron chi connectivity index (χ1n) is 7.06. The molecule has 0 saturated heterocycles. The Labute approximate surface area is 142 Å². The molecule has 1 N–H and O–H groups in total. The molecule has 1 amide bonds. The zero-order valence-corrected chi connectivity index (χ0v) is 15.6. The van der Waals surface area contributed by atoms with Crippen LogP contribution in [0, 0.1) is 0 Å². The summed E-state index contributed by atoms with van der Waals surface area (Å²) in [4.78, 5) is 11.9. The van der Waals surface area contributed by atoms with Crippen LogP contribution in [0.2, 0.25) is 5.02 Å². The van der Waals surface area contributed by atoms with E-state index in [1.807, 2.05) is 20.8 Å². The molecule has 0 aromatic heterocycles. The van der Waals surface area contributed by atoms with Gasteiger partial charge in [-0.1, -0.05) is 11.6 Å². The van der Waals surface area contributed by atoms with Gasteiger partial charge in [-0.15, -0.1) is 0 Å². The first-order valence-corrected chi connectivity index (χ1v) is 9.29. The topological polar surface area (TPSA) is 75.7 Å². The second kappa shape index (κ2) is 7.40. The van der Waals surface area contributed by atoms with E-state index >= 15 is 0 Å². The molecule has 0 heterocycles. The molecule has 6 nitrogen and oxygen atoms in total. The summed E-state index contributed by atoms with van der Waals surface area (Å²) >= 11 is 6.05. The Bertz CT molecular complexity index is 669. The predicted molar refractivity (Wildman–Crippen MR) is 92.7 cm³/mol. The van der Waals surface area contributed by atoms with Crippen molar-refractivity contribution in [3.63, 3.8) is 0 Å². The van der Waals surface area contributed by atoms with E-state index in [2.05, 4.69) is 5.32 Å². The quantitative estimate of drug-likeness (QED) is 0.843. The normalized spacial score (nSPS) is 11.9. The van der Waals surface area contributed by atoms with E-state index in [4.69, 9.17) is 16.3 Å². The van der Waals surface area contributed by atoms with Gasteiger partial charge in [-0.05, 0) is 39.0 Å². The fourth-order valence-electron chi connectivity index (χ4n) is 1.98. The van der Waals surface area contributed by atoms with E-state index < -0.39 is 10.0 Å². The zero-order chi connectivity index (χ0) is 17.8. The molecule has 0 aliphatic rings. The van der Waals surface area contributed by atoms with Crippen LogP contribution < -0.4 is 14.4 Å². The number of hydrogen-bond donors (Lipinski definition) is 1. The van der Waals surface area contributed by atoms with Crippen LogP contribution in [0.3, 0.4) is 0 Å². The fourth-order valence-corrected chi connectivity index (χ4v) is 3.15. The van der Waals surface area contributed by atoms with Gasteiger partial charge in [0.15, 0.2) is 0 Å². The smallest absolute Gasteiger partial charge is 0.232 e. The highest BCUT2D eigenvalue weighted by atomic mass is 35.5. The van der Waals surface area contributed by atoms with Crippen LogP contribution in [-0.4, -0.2) is 39.8 Å². The maximum absolute atomic E-state index is 12.0. The Hall–Kier alpha value is -1.47. The van der Waals surface area contributed by atoms with Gasteiger partial charge in [0.25, 0.3) is 0 Å². The summed E-state index contributed by atoms with van der Waals surface area (Å²) in [7, 11) is -2.06. The molecule has 1 aromatic carbocycles. The SMILES string of the molecule is COc1ccc(N(CCC(=O)NC(C)(C)C)S(C)(=O)=O)cc1Cl. The lowest BCUT2D eigenvalue weighted by Crippen LogP contribution is -2.42. The maximum atomic E-state index is 12.0. The number of carbonyl (C=O) groups is 1. The molecule has 8 heteroatoms. The first kappa shape index (κ1) is 19.6. The molecular formula is C15H23ClN2O4S. The molecule has 0 saturated carbocycles. The molecule has 0 unspecified atom stereocenters. The van der Waals surface area contributed by atoms with Crippen molar-refractivity contribution in [1.82, 2.24) is 5.32 Å². The van der Waals surface area contributed by atoms with Crippen LogP contribution >= 0.6 is 11.6 Å². The van der Waals surface area contributed by atoms with E-state index in [1.54, 1.807) is 12.1 Å². The molecule has 1 rings (SSSR count). The van der Waals surface area contributed by atoms with E-state index in [0.717, 1.165) is 10.6 Å². The minimum absolute atomic E-state index is 0.0312. The number of halogens is 1. The molecule has 1 aromatic rings. The Kier molecular flexibility index (Phi) is 6.30. The van der Waals surface area contributed by atoms with Crippen molar-refractivity contribution in [2.75, 3.05) is 24.2 Å². The number of methoxy groups -OCH3 is 1. The number of nitrogens with one attached hydrogen (secondary N) is 1. The summed E-state index contributed by atoms with van der Waals surface area (Å²) in [5.41, 5.74) is 0.0260. The van der Waals surface area contributed by atoms with Gasteiger partial charge >= 0.3 is 0 Å². The molecule has 0 aliphatic heterocycles. The maximum Gasteiger partial charge on any atom is 0.232 e. The number of nitrogens with zero attached hydrogens (tertiary/aromatic N) is 1. The Morgan fingerprint density at radius 1 is 1.35 bits per heavy atom. The van der Waals surface area contributed by atoms with Crippen LogP contribution in [-0.2, 0) is 14.8 Å². The van der Waals surface area contributed by atoms with Gasteiger partial charge < -0.3 is 10.1 Å². The number of benzene rings is 1. The lowest BCUT2D eigenvalue weighted by molar-refractivity contribution is -0.122. The second-order valence-corrected chi connectivity index (χ2v) is 8.52. The molecule has 0 radical (unpaired) electrons. The molecule has 130 valence electrons. The number of carbonyl (C=O) groups excluding carboxylic acids is 1. The number of amides is 1. The number of sulfonamides is 1. The third kappa shape index (κ3) is 6.27. The van der Waals surface area contributed by atoms with Crippen LogP contribution in [0.25, 0.3) is 0 Å². The average Bonchev–Trinajstić information content (AvgIpc) is 2.35. The summed E-state index contributed by atoms with van der Waals surface area (Å²) in [6.07, 6.45) is 1.14. The number of hydrogen-bond acceptors (Lipinski definition) is 4. The highest BCUT2D eigenvalue weighted by Crippen LogP contribution is 2.30. The minimum atomic E-state index is -3.54. The highest BCUT2D eigenvalue weighted by Gasteiger charge is 2.21. The lowest BCUT2D eigenvalue weighted by Gasteiger charge is -2.24. The standard InChI is InChI=1S/C15H23ClN2O4S/c1-15(2,3)17-14(19)8-9-18(23(5,20)21)11-6-7-13(22-4)12(16)10-11/h6-7,10H,8-9H2,1-5H3,(H,17,19). The summed E-state index contributed by atoms with van der Waals surface area (Å²) in [6, 6.07) is 4.68. The predicted octanol–water partition coefficient (Wildman–Crippen LogP) is 2.42. The molecule has 0 spiro atoms. The lowest BCUT2D eigenvalue weighted by atomic mass is 10.1. The third-order valence-electron chi connectivity index (χ3n) is 2.88. The van der Waals surface area contributed by atoms with E-state index in [0.29, 0.717) is 16.5 Å². The van der Waals surface area contributed by atoms with E-state index in [9.17, 15) is 13.2 Å². The van der Waals surface area contributed by atoms with Gasteiger partial charge in [-0.2, -0.15) is 0 Å². The van der Waals surface area contributed by atoms with Crippen LogP contribution in [0.15, 0.2) is 18.2 Å². The van der Waals surface area contributed by atoms with Crippen molar-refractivity contribution < 1.29 is 17.9 Å². The molecular weight excluding hydrogens is 340 g/mol. The Morgan fingerprint density at radius 3 is 2.39 bits per heavy atom. The summed E-state index contributed by atoms with van der Waals surface area (Å²) in [5, 5.41) is 3.10. The summed E-state index contributed by atoms with van der Waals surface area (Å²) < 4.78 is 30.2. The van der Waals surface area contributed by atoms with Gasteiger partial charge in [-0.25, -0.2) is 8.42 Å². The largest absolute Gasteiger partial charge is 0.495 e. The van der Waals surface area contributed by atoms with Crippen molar-refractivity contribution >= 4 is 33.2 Å². The van der Waals surface area contributed by atoms with Gasteiger partial charge in [0.1, 0.15) is 5.75 Å². The van der Waals surface area contributed by atoms with Gasteiger partial charge in [0, 0.05) is 18.5 Å². The number of rotatable bonds is 6. The summed E-state index contributed by atoms with van der Waals surface area (Å²) in [6.45, 7) is 5.62. The van der Waals surface area contributed by atoms with Crippen molar-refractivity contribution in [3.05, 3.63) is 23.2 Å². The van der Waals surface area contributed by atoms with E-state index in [-0.39, 0.29) is 24.4 Å². The number of ether oxygens (including phenoxy) is 1. The number of anilines is 1. The van der Waals surface area contributed by atoms with Gasteiger partial charge in [0.2, 0.25) is 15.9 Å². The van der Waals surface area contributed by atoms with Crippen LogP contribution in [0.1, 0.15) is 27.2 Å². The molecule has 0 bridgehead atoms. The van der Waals surface area contributed by atoms with E-state index in [1.165, 1.54) is 13.2 Å². The average molecular weight is 363 g/mol. The van der Waals surface area contributed by atoms with Crippen molar-refractivity contribution in [1.29, 1.82) is 0 Å². The Balaban J connectivity index is 2.95.